The van der Waals surface area contributed by atoms with Crippen LogP contribution in [0.1, 0.15) is 17.2 Å². The summed E-state index contributed by atoms with van der Waals surface area (Å²) >= 11 is 0. The van der Waals surface area contributed by atoms with E-state index in [1.165, 1.54) is 11.6 Å². The average Bonchev–Trinajstić information content (AvgIpc) is 2.66. The Hall–Kier alpha value is -2.79. The fourth-order valence-corrected chi connectivity index (χ4v) is 2.65. The Bertz CT molecular complexity index is 742. The SMILES string of the molecule is COc1ccc(/C=C/C(=O)NC[C@@H](c2ccccc2)N(C)C)c(OC)c1. The van der Waals surface area contributed by atoms with Crippen molar-refractivity contribution in [3.05, 3.63) is 65.7 Å². The van der Waals surface area contributed by atoms with Crippen molar-refractivity contribution in [1.82, 2.24) is 10.2 Å². The van der Waals surface area contributed by atoms with Crippen LogP contribution in [0.2, 0.25) is 0 Å². The molecule has 0 saturated heterocycles. The predicted octanol–water partition coefficient (Wildman–Crippen LogP) is 3.14. The van der Waals surface area contributed by atoms with Crippen LogP contribution < -0.4 is 14.8 Å². The molecule has 2 rings (SSSR count). The van der Waals surface area contributed by atoms with E-state index in [1.54, 1.807) is 26.4 Å². The van der Waals surface area contributed by atoms with Crippen molar-refractivity contribution >= 4 is 12.0 Å². The molecule has 0 fully saturated rings. The fraction of sp³-hybridized carbons (Fsp3) is 0.286. The smallest absolute Gasteiger partial charge is 0.244 e. The van der Waals surface area contributed by atoms with E-state index >= 15 is 0 Å². The van der Waals surface area contributed by atoms with Gasteiger partial charge in [-0.25, -0.2) is 0 Å². The number of likely N-dealkylation sites (N-methyl/N-ethyl adjacent to an activating group) is 1. The molecule has 0 bridgehead atoms. The molecule has 1 amide bonds. The fourth-order valence-electron chi connectivity index (χ4n) is 2.65. The maximum atomic E-state index is 12.2. The van der Waals surface area contributed by atoms with Gasteiger partial charge in [0, 0.05) is 24.3 Å². The van der Waals surface area contributed by atoms with Gasteiger partial charge < -0.3 is 19.7 Å². The first-order valence-corrected chi connectivity index (χ1v) is 8.44. The molecule has 0 aromatic heterocycles. The van der Waals surface area contributed by atoms with Crippen molar-refractivity contribution in [3.63, 3.8) is 0 Å². The molecule has 2 aromatic rings. The van der Waals surface area contributed by atoms with Gasteiger partial charge in [-0.3, -0.25) is 4.79 Å². The van der Waals surface area contributed by atoms with Gasteiger partial charge in [0.25, 0.3) is 0 Å². The summed E-state index contributed by atoms with van der Waals surface area (Å²) in [6.07, 6.45) is 3.25. The Labute approximate surface area is 155 Å². The number of rotatable bonds is 8. The Morgan fingerprint density at radius 2 is 1.85 bits per heavy atom. The predicted molar refractivity (Wildman–Crippen MR) is 104 cm³/mol. The van der Waals surface area contributed by atoms with E-state index in [0.29, 0.717) is 18.0 Å². The lowest BCUT2D eigenvalue weighted by atomic mass is 10.1. The normalized spacial score (nSPS) is 12.2. The highest BCUT2D eigenvalue weighted by molar-refractivity contribution is 5.92. The molecule has 0 saturated carbocycles. The summed E-state index contributed by atoms with van der Waals surface area (Å²) in [7, 11) is 7.20. The zero-order valence-corrected chi connectivity index (χ0v) is 15.7. The summed E-state index contributed by atoms with van der Waals surface area (Å²) < 4.78 is 10.5. The topological polar surface area (TPSA) is 50.8 Å². The minimum absolute atomic E-state index is 0.115. The van der Waals surface area contributed by atoms with E-state index < -0.39 is 0 Å². The molecule has 5 heteroatoms. The second-order valence-corrected chi connectivity index (χ2v) is 6.08. The van der Waals surface area contributed by atoms with Crippen LogP contribution >= 0.6 is 0 Å². The van der Waals surface area contributed by atoms with Gasteiger partial charge in [-0.2, -0.15) is 0 Å². The highest BCUT2D eigenvalue weighted by Gasteiger charge is 2.14. The molecule has 26 heavy (non-hydrogen) atoms. The Morgan fingerprint density at radius 1 is 1.12 bits per heavy atom. The summed E-state index contributed by atoms with van der Waals surface area (Å²) in [4.78, 5) is 14.3. The van der Waals surface area contributed by atoms with E-state index in [-0.39, 0.29) is 11.9 Å². The van der Waals surface area contributed by atoms with Crippen LogP contribution in [0.25, 0.3) is 6.08 Å². The Morgan fingerprint density at radius 3 is 2.46 bits per heavy atom. The van der Waals surface area contributed by atoms with Gasteiger partial charge >= 0.3 is 0 Å². The second kappa shape index (κ2) is 9.63. The van der Waals surface area contributed by atoms with E-state index in [4.69, 9.17) is 9.47 Å². The number of nitrogens with zero attached hydrogens (tertiary/aromatic N) is 1. The number of carbonyl (C=O) groups is 1. The van der Waals surface area contributed by atoms with Gasteiger partial charge in [0.05, 0.1) is 20.3 Å². The number of hydrogen-bond donors (Lipinski definition) is 1. The lowest BCUT2D eigenvalue weighted by Gasteiger charge is -2.24. The molecular weight excluding hydrogens is 328 g/mol. The number of nitrogens with one attached hydrogen (secondary N) is 1. The van der Waals surface area contributed by atoms with Crippen LogP contribution in [0.4, 0.5) is 0 Å². The first kappa shape index (κ1) is 19.5. The largest absolute Gasteiger partial charge is 0.497 e. The number of carbonyl (C=O) groups excluding carboxylic acids is 1. The molecule has 0 radical (unpaired) electrons. The summed E-state index contributed by atoms with van der Waals surface area (Å²) in [6.45, 7) is 0.528. The Kier molecular flexibility index (Phi) is 7.24. The van der Waals surface area contributed by atoms with Gasteiger partial charge in [-0.15, -0.1) is 0 Å². The average molecular weight is 354 g/mol. The maximum absolute atomic E-state index is 12.2. The van der Waals surface area contributed by atoms with Crippen molar-refractivity contribution < 1.29 is 14.3 Å². The van der Waals surface area contributed by atoms with E-state index in [0.717, 1.165) is 5.56 Å². The molecule has 2 aromatic carbocycles. The first-order chi connectivity index (χ1) is 12.5. The molecule has 0 aliphatic heterocycles. The third kappa shape index (κ3) is 5.36. The van der Waals surface area contributed by atoms with Gasteiger partial charge in [-0.1, -0.05) is 30.3 Å². The summed E-state index contributed by atoms with van der Waals surface area (Å²) in [5.41, 5.74) is 1.98. The standard InChI is InChI=1S/C21H26N2O3/c1-23(2)19(16-8-6-5-7-9-16)15-22-21(24)13-11-17-10-12-18(25-3)14-20(17)26-4/h5-14,19H,15H2,1-4H3,(H,22,24)/b13-11+/t19-/m0/s1. The summed E-state index contributed by atoms with van der Waals surface area (Å²) in [5.74, 6) is 1.22. The molecule has 1 N–H and O–H groups in total. The number of benzene rings is 2. The molecular formula is C21H26N2O3. The quantitative estimate of drug-likeness (QED) is 0.740. The highest BCUT2D eigenvalue weighted by Crippen LogP contribution is 2.25. The van der Waals surface area contributed by atoms with Gasteiger partial charge in [0.1, 0.15) is 11.5 Å². The number of ether oxygens (including phenoxy) is 2. The van der Waals surface area contributed by atoms with Crippen LogP contribution in [0, 0.1) is 0 Å². The lowest BCUT2D eigenvalue weighted by molar-refractivity contribution is -0.116. The highest BCUT2D eigenvalue weighted by atomic mass is 16.5. The van der Waals surface area contributed by atoms with Gasteiger partial charge in [0.15, 0.2) is 0 Å². The van der Waals surface area contributed by atoms with Crippen molar-refractivity contribution in [3.8, 4) is 11.5 Å². The summed E-state index contributed by atoms with van der Waals surface area (Å²) in [5, 5.41) is 2.96. The molecule has 0 unspecified atom stereocenters. The molecule has 138 valence electrons. The van der Waals surface area contributed by atoms with Crippen molar-refractivity contribution in [2.24, 2.45) is 0 Å². The van der Waals surface area contributed by atoms with Crippen LogP contribution in [0.3, 0.4) is 0 Å². The van der Waals surface area contributed by atoms with E-state index in [1.807, 2.05) is 44.4 Å². The monoisotopic (exact) mass is 354 g/mol. The molecule has 1 atom stereocenters. The molecule has 5 nitrogen and oxygen atoms in total. The third-order valence-electron chi connectivity index (χ3n) is 4.13. The van der Waals surface area contributed by atoms with Crippen LogP contribution in [0.15, 0.2) is 54.6 Å². The Balaban J connectivity index is 2.00. The first-order valence-electron chi connectivity index (χ1n) is 8.44. The van der Waals surface area contributed by atoms with Crippen LogP contribution in [-0.2, 0) is 4.79 Å². The lowest BCUT2D eigenvalue weighted by Crippen LogP contribution is -2.33. The van der Waals surface area contributed by atoms with Gasteiger partial charge in [0.2, 0.25) is 5.91 Å². The minimum Gasteiger partial charge on any atom is -0.497 e. The van der Waals surface area contributed by atoms with Crippen LogP contribution in [-0.4, -0.2) is 45.7 Å². The second-order valence-electron chi connectivity index (χ2n) is 6.08. The zero-order chi connectivity index (χ0) is 18.9. The summed E-state index contributed by atoms with van der Waals surface area (Å²) in [6, 6.07) is 15.7. The third-order valence-corrected chi connectivity index (χ3v) is 4.13. The van der Waals surface area contributed by atoms with E-state index in [2.05, 4.69) is 22.3 Å². The zero-order valence-electron chi connectivity index (χ0n) is 15.7. The van der Waals surface area contributed by atoms with Crippen molar-refractivity contribution in [2.75, 3.05) is 34.9 Å². The van der Waals surface area contributed by atoms with Crippen LogP contribution in [0.5, 0.6) is 11.5 Å². The molecule has 0 heterocycles. The van der Waals surface area contributed by atoms with Crippen molar-refractivity contribution in [1.29, 1.82) is 0 Å². The molecule has 0 aliphatic rings. The molecule has 0 spiro atoms. The van der Waals surface area contributed by atoms with Gasteiger partial charge in [-0.05, 0) is 37.9 Å². The van der Waals surface area contributed by atoms with Crippen molar-refractivity contribution in [2.45, 2.75) is 6.04 Å². The maximum Gasteiger partial charge on any atom is 0.244 e. The molecule has 0 aliphatic carbocycles. The minimum atomic E-state index is -0.148. The number of amides is 1. The van der Waals surface area contributed by atoms with E-state index in [9.17, 15) is 4.79 Å². The number of hydrogen-bond acceptors (Lipinski definition) is 4. The number of methoxy groups -OCH3 is 2.